The second kappa shape index (κ2) is 8.03. The Labute approximate surface area is 163 Å². The molecule has 0 fully saturated rings. The number of amides is 1. The van der Waals surface area contributed by atoms with Crippen LogP contribution < -0.4 is 5.32 Å². The molecular weight excluding hydrogens is 411 g/mol. The van der Waals surface area contributed by atoms with E-state index in [0.717, 1.165) is 12.1 Å². The molecule has 0 radical (unpaired) electrons. The lowest BCUT2D eigenvalue weighted by Crippen LogP contribution is -2.14. The molecule has 0 saturated heterocycles. The third-order valence-corrected chi connectivity index (χ3v) is 5.56. The lowest BCUT2D eigenvalue weighted by molar-refractivity contribution is -0.137. The van der Waals surface area contributed by atoms with Crippen molar-refractivity contribution < 1.29 is 30.8 Å². The van der Waals surface area contributed by atoms with Gasteiger partial charge in [-0.05, 0) is 30.3 Å². The van der Waals surface area contributed by atoms with Crippen molar-refractivity contribution in [1.82, 2.24) is 10.2 Å². The van der Waals surface area contributed by atoms with Gasteiger partial charge >= 0.3 is 12.2 Å². The highest BCUT2D eigenvalue weighted by molar-refractivity contribution is 7.91. The summed E-state index contributed by atoms with van der Waals surface area (Å²) in [6, 6.07) is 11.3. The van der Waals surface area contributed by atoms with Crippen LogP contribution >= 0.6 is 0 Å². The molecule has 0 aliphatic carbocycles. The third kappa shape index (κ3) is 5.19. The minimum atomic E-state index is -4.59. The molecule has 1 N–H and O–H groups in total. The number of alkyl halides is 3. The molecular formula is C18H14F3N3O4S. The zero-order valence-corrected chi connectivity index (χ0v) is 15.5. The Morgan fingerprint density at radius 2 is 1.76 bits per heavy atom. The number of anilines is 1. The summed E-state index contributed by atoms with van der Waals surface area (Å²) >= 11 is 0. The molecule has 1 heterocycles. The van der Waals surface area contributed by atoms with Crippen molar-refractivity contribution in [1.29, 1.82) is 0 Å². The first-order valence-corrected chi connectivity index (χ1v) is 9.89. The number of hydrogen-bond donors (Lipinski definition) is 1. The van der Waals surface area contributed by atoms with Crippen LogP contribution in [0, 0.1) is 0 Å². The fraction of sp³-hybridized carbons (Fsp3) is 0.167. The summed E-state index contributed by atoms with van der Waals surface area (Å²) in [4.78, 5) is 12.3. The van der Waals surface area contributed by atoms with E-state index in [1.165, 1.54) is 18.2 Å². The number of aryl methyl sites for hydroxylation is 1. The number of nitrogens with one attached hydrogen (secondary N) is 1. The maximum Gasteiger partial charge on any atom is 0.416 e. The fourth-order valence-corrected chi connectivity index (χ4v) is 3.63. The summed E-state index contributed by atoms with van der Waals surface area (Å²) < 4.78 is 67.9. The fourth-order valence-electron chi connectivity index (χ4n) is 2.38. The summed E-state index contributed by atoms with van der Waals surface area (Å²) in [5.41, 5.74) is -1.21. The van der Waals surface area contributed by atoms with Gasteiger partial charge in [0.1, 0.15) is 0 Å². The average Bonchev–Trinajstić information content (AvgIpc) is 3.14. The Balaban J connectivity index is 1.64. The molecule has 3 aromatic rings. The molecule has 0 aliphatic heterocycles. The first-order valence-electron chi connectivity index (χ1n) is 8.24. The monoisotopic (exact) mass is 425 g/mol. The van der Waals surface area contributed by atoms with Crippen molar-refractivity contribution in [2.75, 3.05) is 11.1 Å². The van der Waals surface area contributed by atoms with Crippen molar-refractivity contribution in [2.45, 2.75) is 17.5 Å². The SMILES string of the molecule is O=C(Nc1nnc(CCS(=O)(=O)c2ccccc2)o1)c1cccc(C(F)(F)F)c1. The Kier molecular flexibility index (Phi) is 5.69. The normalized spacial score (nSPS) is 12.0. The van der Waals surface area contributed by atoms with Crippen LogP contribution in [0.1, 0.15) is 21.8 Å². The van der Waals surface area contributed by atoms with Gasteiger partial charge in [0.2, 0.25) is 5.89 Å². The highest BCUT2D eigenvalue weighted by Gasteiger charge is 2.31. The van der Waals surface area contributed by atoms with Crippen molar-refractivity contribution in [3.8, 4) is 0 Å². The van der Waals surface area contributed by atoms with Crippen LogP contribution in [-0.4, -0.2) is 30.3 Å². The van der Waals surface area contributed by atoms with Gasteiger partial charge in [-0.3, -0.25) is 10.1 Å². The van der Waals surface area contributed by atoms with Gasteiger partial charge in [0.05, 0.1) is 16.2 Å². The smallest absolute Gasteiger partial charge is 0.408 e. The van der Waals surface area contributed by atoms with E-state index in [1.54, 1.807) is 18.2 Å². The summed E-state index contributed by atoms with van der Waals surface area (Å²) in [7, 11) is -3.56. The summed E-state index contributed by atoms with van der Waals surface area (Å²) in [5.74, 6) is -1.20. The first kappa shape index (κ1) is 20.5. The number of sulfone groups is 1. The Bertz CT molecular complexity index is 1110. The minimum absolute atomic E-state index is 0.0381. The zero-order valence-electron chi connectivity index (χ0n) is 14.7. The molecule has 152 valence electrons. The molecule has 2 aromatic carbocycles. The van der Waals surface area contributed by atoms with Gasteiger partial charge in [-0.1, -0.05) is 29.4 Å². The van der Waals surface area contributed by atoms with Crippen LogP contribution in [0.3, 0.4) is 0 Å². The highest BCUT2D eigenvalue weighted by atomic mass is 32.2. The number of benzene rings is 2. The van der Waals surface area contributed by atoms with E-state index >= 15 is 0 Å². The van der Waals surface area contributed by atoms with Gasteiger partial charge < -0.3 is 4.42 Å². The van der Waals surface area contributed by atoms with Crippen LogP contribution in [0.5, 0.6) is 0 Å². The molecule has 1 aromatic heterocycles. The average molecular weight is 425 g/mol. The summed E-state index contributed by atoms with van der Waals surface area (Å²) in [6.45, 7) is 0. The zero-order chi connectivity index (χ0) is 21.1. The molecule has 7 nitrogen and oxygen atoms in total. The second-order valence-corrected chi connectivity index (χ2v) is 8.02. The molecule has 29 heavy (non-hydrogen) atoms. The van der Waals surface area contributed by atoms with Gasteiger partial charge in [-0.25, -0.2) is 8.42 Å². The number of nitrogens with zero attached hydrogens (tertiary/aromatic N) is 2. The second-order valence-electron chi connectivity index (χ2n) is 5.92. The third-order valence-electron chi connectivity index (χ3n) is 3.83. The maximum absolute atomic E-state index is 12.7. The van der Waals surface area contributed by atoms with Crippen molar-refractivity contribution in [3.05, 3.63) is 71.6 Å². The lowest BCUT2D eigenvalue weighted by atomic mass is 10.1. The van der Waals surface area contributed by atoms with Crippen LogP contribution in [0.4, 0.5) is 19.2 Å². The number of rotatable bonds is 6. The Morgan fingerprint density at radius 3 is 2.45 bits per heavy atom. The number of halogens is 3. The van der Waals surface area contributed by atoms with E-state index < -0.39 is 27.5 Å². The van der Waals surface area contributed by atoms with E-state index in [-0.39, 0.29) is 34.5 Å². The van der Waals surface area contributed by atoms with Crippen LogP contribution in [0.25, 0.3) is 0 Å². The topological polar surface area (TPSA) is 102 Å². The van der Waals surface area contributed by atoms with E-state index in [4.69, 9.17) is 4.42 Å². The molecule has 0 aliphatic rings. The number of carbonyl (C=O) groups excluding carboxylic acids is 1. The van der Waals surface area contributed by atoms with E-state index in [0.29, 0.717) is 6.07 Å². The quantitative estimate of drug-likeness (QED) is 0.650. The van der Waals surface area contributed by atoms with E-state index in [9.17, 15) is 26.4 Å². The summed E-state index contributed by atoms with van der Waals surface area (Å²) in [5, 5.41) is 9.39. The summed E-state index contributed by atoms with van der Waals surface area (Å²) in [6.07, 6.45) is -4.68. The van der Waals surface area contributed by atoms with Gasteiger partial charge in [-0.2, -0.15) is 13.2 Å². The molecule has 11 heteroatoms. The van der Waals surface area contributed by atoms with Gasteiger partial charge in [-0.15, -0.1) is 5.10 Å². The van der Waals surface area contributed by atoms with Crippen LogP contribution in [0.2, 0.25) is 0 Å². The number of aromatic nitrogens is 2. The standard InChI is InChI=1S/C18H14F3N3O4S/c19-18(20,21)13-6-4-5-12(11-13)16(25)22-17-24-23-15(28-17)9-10-29(26,27)14-7-2-1-3-8-14/h1-8,11H,9-10H2,(H,22,24,25). The van der Waals surface area contributed by atoms with Crippen molar-refractivity contribution in [3.63, 3.8) is 0 Å². The Morgan fingerprint density at radius 1 is 1.03 bits per heavy atom. The van der Waals surface area contributed by atoms with Gasteiger partial charge in [0.15, 0.2) is 9.84 Å². The Hall–Kier alpha value is -3.21. The van der Waals surface area contributed by atoms with Crippen LogP contribution in [0.15, 0.2) is 63.9 Å². The molecule has 0 atom stereocenters. The molecule has 3 rings (SSSR count). The van der Waals surface area contributed by atoms with Gasteiger partial charge in [0, 0.05) is 12.0 Å². The van der Waals surface area contributed by atoms with Gasteiger partial charge in [0.25, 0.3) is 5.91 Å². The lowest BCUT2D eigenvalue weighted by Gasteiger charge is -2.07. The number of hydrogen-bond acceptors (Lipinski definition) is 6. The molecule has 0 unspecified atom stereocenters. The van der Waals surface area contributed by atoms with Crippen molar-refractivity contribution >= 4 is 21.8 Å². The highest BCUT2D eigenvalue weighted by Crippen LogP contribution is 2.29. The molecule has 0 spiro atoms. The first-order chi connectivity index (χ1) is 13.6. The van der Waals surface area contributed by atoms with Crippen molar-refractivity contribution in [2.24, 2.45) is 0 Å². The van der Waals surface area contributed by atoms with Crippen LogP contribution in [-0.2, 0) is 22.4 Å². The largest absolute Gasteiger partial charge is 0.416 e. The van der Waals surface area contributed by atoms with E-state index in [2.05, 4.69) is 15.5 Å². The molecule has 0 bridgehead atoms. The predicted molar refractivity (Wildman–Crippen MR) is 95.9 cm³/mol. The number of carbonyl (C=O) groups is 1. The predicted octanol–water partition coefficient (Wildman–Crippen LogP) is 3.36. The molecule has 1 amide bonds. The molecule has 0 saturated carbocycles. The minimum Gasteiger partial charge on any atom is -0.408 e. The van der Waals surface area contributed by atoms with E-state index in [1.807, 2.05) is 0 Å². The maximum atomic E-state index is 12.7.